The summed E-state index contributed by atoms with van der Waals surface area (Å²) in [5, 5.41) is 14.9. The van der Waals surface area contributed by atoms with Crippen LogP contribution in [0.5, 0.6) is 0 Å². The molecule has 0 radical (unpaired) electrons. The van der Waals surface area contributed by atoms with E-state index in [4.69, 9.17) is 0 Å². The fourth-order valence-electron chi connectivity index (χ4n) is 3.31. The molecule has 1 atom stereocenters. The molecule has 1 aromatic heterocycles. The van der Waals surface area contributed by atoms with Crippen molar-refractivity contribution in [3.8, 4) is 0 Å². The Morgan fingerprint density at radius 2 is 2.22 bits per heavy atom. The van der Waals surface area contributed by atoms with Crippen LogP contribution in [0.2, 0.25) is 0 Å². The van der Waals surface area contributed by atoms with Gasteiger partial charge in [0, 0.05) is 38.8 Å². The number of anilines is 1. The molecule has 0 amide bonds. The second kappa shape index (κ2) is 3.96. The minimum absolute atomic E-state index is 0.541. The fourth-order valence-corrected chi connectivity index (χ4v) is 3.31. The van der Waals surface area contributed by atoms with E-state index < -0.39 is 0 Å². The molecule has 1 saturated carbocycles. The quantitative estimate of drug-likeness (QED) is 0.722. The van der Waals surface area contributed by atoms with Crippen molar-refractivity contribution in [3.05, 3.63) is 12.3 Å². The van der Waals surface area contributed by atoms with Gasteiger partial charge in [-0.05, 0) is 24.2 Å². The molecule has 3 aliphatic rings. The summed E-state index contributed by atoms with van der Waals surface area (Å²) < 4.78 is 2.14. The van der Waals surface area contributed by atoms with Crippen LogP contribution in [0.3, 0.4) is 0 Å². The van der Waals surface area contributed by atoms with Gasteiger partial charge in [0.1, 0.15) is 5.82 Å². The molecule has 2 saturated heterocycles. The second-order valence-electron chi connectivity index (χ2n) is 6.04. The molecule has 5 nitrogen and oxygen atoms in total. The lowest BCUT2D eigenvalue weighted by Gasteiger charge is -2.29. The summed E-state index contributed by atoms with van der Waals surface area (Å²) in [6, 6.07) is 2.64. The Hall–Kier alpha value is -1.07. The first-order valence-electron chi connectivity index (χ1n) is 7.06. The first-order chi connectivity index (χ1) is 8.87. The molecule has 1 aliphatic carbocycles. The number of hydrogen-bond donors (Lipinski definition) is 3. The number of nitrogens with zero attached hydrogens (tertiary/aromatic N) is 2. The monoisotopic (exact) mass is 247 g/mol. The zero-order valence-electron chi connectivity index (χ0n) is 10.7. The van der Waals surface area contributed by atoms with E-state index in [0.717, 1.165) is 25.6 Å². The zero-order chi connectivity index (χ0) is 12.0. The van der Waals surface area contributed by atoms with E-state index in [1.807, 2.05) is 6.20 Å². The predicted octanol–water partition coefficient (Wildman–Crippen LogP) is 0.439. The summed E-state index contributed by atoms with van der Waals surface area (Å²) in [7, 11) is 0. The second-order valence-corrected chi connectivity index (χ2v) is 6.04. The van der Waals surface area contributed by atoms with Crippen LogP contribution in [0, 0.1) is 11.3 Å². The first-order valence-corrected chi connectivity index (χ1v) is 7.06. The summed E-state index contributed by atoms with van der Waals surface area (Å²) in [6.07, 6.45) is 4.73. The third kappa shape index (κ3) is 1.65. The van der Waals surface area contributed by atoms with Crippen molar-refractivity contribution in [1.29, 1.82) is 0 Å². The van der Waals surface area contributed by atoms with Crippen LogP contribution >= 0.6 is 0 Å². The lowest BCUT2D eigenvalue weighted by Crippen LogP contribution is -2.44. The smallest absolute Gasteiger partial charge is 0.124 e. The molecule has 4 rings (SSSR count). The molecule has 0 aromatic carbocycles. The van der Waals surface area contributed by atoms with E-state index in [2.05, 4.69) is 31.8 Å². The van der Waals surface area contributed by atoms with Crippen molar-refractivity contribution in [2.45, 2.75) is 18.9 Å². The van der Waals surface area contributed by atoms with Crippen molar-refractivity contribution in [1.82, 2.24) is 20.4 Å². The van der Waals surface area contributed by atoms with E-state index in [1.54, 1.807) is 0 Å². The van der Waals surface area contributed by atoms with Crippen molar-refractivity contribution in [2.75, 3.05) is 38.0 Å². The van der Waals surface area contributed by atoms with E-state index in [1.165, 1.54) is 31.7 Å². The summed E-state index contributed by atoms with van der Waals surface area (Å²) in [6.45, 7) is 5.58. The predicted molar refractivity (Wildman–Crippen MR) is 70.7 cm³/mol. The number of aromatic nitrogens is 2. The van der Waals surface area contributed by atoms with E-state index >= 15 is 0 Å². The minimum atomic E-state index is 0.541. The summed E-state index contributed by atoms with van der Waals surface area (Å²) >= 11 is 0. The summed E-state index contributed by atoms with van der Waals surface area (Å²) in [4.78, 5) is 0. The molecular weight excluding hydrogens is 226 g/mol. The van der Waals surface area contributed by atoms with E-state index in [9.17, 15) is 0 Å². The van der Waals surface area contributed by atoms with Gasteiger partial charge in [-0.2, -0.15) is 5.10 Å². The molecule has 3 heterocycles. The Kier molecular flexibility index (Phi) is 2.38. The zero-order valence-corrected chi connectivity index (χ0v) is 10.7. The molecule has 3 fully saturated rings. The highest BCUT2D eigenvalue weighted by Gasteiger charge is 2.51. The van der Waals surface area contributed by atoms with Crippen molar-refractivity contribution >= 4 is 5.82 Å². The third-order valence-corrected chi connectivity index (χ3v) is 4.93. The van der Waals surface area contributed by atoms with Gasteiger partial charge in [-0.1, -0.05) is 0 Å². The average Bonchev–Trinajstić information content (AvgIpc) is 2.76. The molecule has 5 heteroatoms. The molecule has 18 heavy (non-hydrogen) atoms. The molecule has 1 aromatic rings. The topological polar surface area (TPSA) is 53.9 Å². The maximum atomic E-state index is 4.43. The molecule has 98 valence electrons. The van der Waals surface area contributed by atoms with Gasteiger partial charge in [-0.15, -0.1) is 0 Å². The molecular formula is C13H21N5. The van der Waals surface area contributed by atoms with Crippen molar-refractivity contribution < 1.29 is 0 Å². The number of nitrogens with one attached hydrogen (secondary N) is 3. The number of hydrogen-bond acceptors (Lipinski definition) is 4. The average molecular weight is 247 g/mol. The highest BCUT2D eigenvalue weighted by atomic mass is 15.4. The normalized spacial score (nSPS) is 29.4. The van der Waals surface area contributed by atoms with E-state index in [0.29, 0.717) is 11.5 Å². The minimum Gasteiger partial charge on any atom is -0.370 e. The summed E-state index contributed by atoms with van der Waals surface area (Å²) in [5.74, 6) is 1.98. The fraction of sp³-hybridized carbons (Fsp3) is 0.769. The Morgan fingerprint density at radius 1 is 1.33 bits per heavy atom. The maximum absolute atomic E-state index is 4.43. The highest BCUT2D eigenvalue weighted by Crippen LogP contribution is 2.53. The van der Waals surface area contributed by atoms with Crippen molar-refractivity contribution in [3.63, 3.8) is 0 Å². The molecule has 1 spiro atoms. The van der Waals surface area contributed by atoms with Crippen LogP contribution in [0.15, 0.2) is 12.3 Å². The Balaban J connectivity index is 1.41. The Morgan fingerprint density at radius 3 is 2.94 bits per heavy atom. The molecule has 0 bridgehead atoms. The molecule has 1 unspecified atom stereocenters. The Bertz CT molecular complexity index is 432. The van der Waals surface area contributed by atoms with Gasteiger partial charge in [0.2, 0.25) is 0 Å². The first kappa shape index (κ1) is 10.8. The SMILES string of the molecule is c1cc(NCC2CNCC23CC3)n(C2CNC2)n1. The van der Waals surface area contributed by atoms with Gasteiger partial charge in [0.15, 0.2) is 0 Å². The largest absolute Gasteiger partial charge is 0.370 e. The van der Waals surface area contributed by atoms with Crippen LogP contribution < -0.4 is 16.0 Å². The van der Waals surface area contributed by atoms with Crippen molar-refractivity contribution in [2.24, 2.45) is 11.3 Å². The van der Waals surface area contributed by atoms with Gasteiger partial charge in [-0.25, -0.2) is 4.68 Å². The van der Waals surface area contributed by atoms with Crippen LogP contribution in [0.4, 0.5) is 5.82 Å². The third-order valence-electron chi connectivity index (χ3n) is 4.93. The number of rotatable bonds is 4. The van der Waals surface area contributed by atoms with Crippen LogP contribution in [-0.2, 0) is 0 Å². The Labute approximate surface area is 107 Å². The highest BCUT2D eigenvalue weighted by molar-refractivity contribution is 5.35. The van der Waals surface area contributed by atoms with Gasteiger partial charge in [-0.3, -0.25) is 0 Å². The van der Waals surface area contributed by atoms with Gasteiger partial charge >= 0.3 is 0 Å². The van der Waals surface area contributed by atoms with Gasteiger partial charge in [0.05, 0.1) is 12.2 Å². The maximum Gasteiger partial charge on any atom is 0.124 e. The molecule has 2 aliphatic heterocycles. The standard InChI is InChI=1S/C13H21N5/c1-4-17-18(11-7-14-8-11)12(1)16-6-10-5-15-9-13(10)2-3-13/h1,4,10-11,14-16H,2-3,5-9H2. The van der Waals surface area contributed by atoms with Crippen LogP contribution in [0.1, 0.15) is 18.9 Å². The lowest BCUT2D eigenvalue weighted by molar-refractivity contribution is 0.320. The van der Waals surface area contributed by atoms with E-state index in [-0.39, 0.29) is 0 Å². The summed E-state index contributed by atoms with van der Waals surface area (Å²) in [5.41, 5.74) is 0.635. The molecule has 3 N–H and O–H groups in total. The lowest BCUT2D eigenvalue weighted by atomic mass is 9.93. The van der Waals surface area contributed by atoms with Gasteiger partial charge in [0.25, 0.3) is 0 Å². The van der Waals surface area contributed by atoms with Crippen LogP contribution in [0.25, 0.3) is 0 Å². The van der Waals surface area contributed by atoms with Crippen LogP contribution in [-0.4, -0.2) is 42.5 Å². The van der Waals surface area contributed by atoms with Gasteiger partial charge < -0.3 is 16.0 Å².